The molecule has 0 unspecified atom stereocenters. The summed E-state index contributed by atoms with van der Waals surface area (Å²) in [6, 6.07) is 17.1. The van der Waals surface area contributed by atoms with Crippen molar-refractivity contribution in [3.05, 3.63) is 76.8 Å². The first kappa shape index (κ1) is 22.8. The van der Waals surface area contributed by atoms with E-state index in [0.717, 1.165) is 40.2 Å². The Morgan fingerprint density at radius 1 is 1.09 bits per heavy atom. The maximum atomic E-state index is 13.0. The number of benzene rings is 2. The normalized spacial score (nSPS) is 15.1. The predicted molar refractivity (Wildman–Crippen MR) is 129 cm³/mol. The van der Waals surface area contributed by atoms with E-state index >= 15 is 0 Å². The quantitative estimate of drug-likeness (QED) is 0.383. The van der Waals surface area contributed by atoms with E-state index in [9.17, 15) is 14.4 Å². The van der Waals surface area contributed by atoms with Crippen molar-refractivity contribution in [2.24, 2.45) is 0 Å². The number of hydrogen-bond donors (Lipinski definition) is 1. The van der Waals surface area contributed by atoms with Crippen LogP contribution in [0.25, 0.3) is 17.0 Å². The van der Waals surface area contributed by atoms with Gasteiger partial charge in [0.2, 0.25) is 5.91 Å². The third kappa shape index (κ3) is 5.35. The van der Waals surface area contributed by atoms with Crippen molar-refractivity contribution in [1.29, 1.82) is 0 Å². The summed E-state index contributed by atoms with van der Waals surface area (Å²) < 4.78 is 6.87. The lowest BCUT2D eigenvalue weighted by Gasteiger charge is -2.12. The summed E-state index contributed by atoms with van der Waals surface area (Å²) in [5.74, 6) is -0.400. The number of aromatic nitrogens is 1. The molecule has 1 saturated heterocycles. The molecule has 0 radical (unpaired) electrons. The number of nitrogens with one attached hydrogen (secondary N) is 1. The Balaban J connectivity index is 1.54. The largest absolute Gasteiger partial charge is 0.385 e. The number of rotatable bonds is 9. The number of carbonyl (C=O) groups excluding carboxylic acids is 3. The summed E-state index contributed by atoms with van der Waals surface area (Å²) in [5, 5.41) is 3.52. The van der Waals surface area contributed by atoms with Crippen LogP contribution >= 0.6 is 11.8 Å². The second-order valence-corrected chi connectivity index (χ2v) is 8.67. The Kier molecular flexibility index (Phi) is 7.26. The van der Waals surface area contributed by atoms with Gasteiger partial charge in [-0.1, -0.05) is 48.5 Å². The molecule has 7 nitrogen and oxygen atoms in total. The number of fused-ring (bicyclic) bond motifs is 1. The van der Waals surface area contributed by atoms with Gasteiger partial charge in [0.25, 0.3) is 11.1 Å². The molecule has 0 saturated carbocycles. The van der Waals surface area contributed by atoms with Gasteiger partial charge in [-0.05, 0) is 35.9 Å². The average Bonchev–Trinajstić information content (AvgIpc) is 3.29. The minimum atomic E-state index is -0.304. The number of nitrogens with zero attached hydrogens (tertiary/aromatic N) is 2. The van der Waals surface area contributed by atoms with Gasteiger partial charge in [0, 0.05) is 42.9 Å². The van der Waals surface area contributed by atoms with Crippen LogP contribution in [-0.2, 0) is 27.4 Å². The van der Waals surface area contributed by atoms with Gasteiger partial charge in [-0.25, -0.2) is 0 Å². The highest BCUT2D eigenvalue weighted by Gasteiger charge is 2.35. The van der Waals surface area contributed by atoms with Crippen molar-refractivity contribution in [1.82, 2.24) is 14.8 Å². The Morgan fingerprint density at radius 3 is 2.64 bits per heavy atom. The van der Waals surface area contributed by atoms with Crippen molar-refractivity contribution < 1.29 is 19.1 Å². The number of hydrogen-bond acceptors (Lipinski definition) is 5. The molecule has 3 amide bonds. The number of para-hydroxylation sites is 1. The lowest BCUT2D eigenvalue weighted by molar-refractivity contribution is -0.123. The highest BCUT2D eigenvalue weighted by molar-refractivity contribution is 8.18. The van der Waals surface area contributed by atoms with E-state index in [4.69, 9.17) is 4.74 Å². The third-order valence-electron chi connectivity index (χ3n) is 5.32. The van der Waals surface area contributed by atoms with E-state index in [2.05, 4.69) is 5.32 Å². The molecule has 0 atom stereocenters. The molecule has 1 aliphatic heterocycles. The van der Waals surface area contributed by atoms with Crippen LogP contribution in [0.5, 0.6) is 0 Å². The van der Waals surface area contributed by atoms with Crippen LogP contribution in [0.2, 0.25) is 0 Å². The molecule has 0 bridgehead atoms. The van der Waals surface area contributed by atoms with E-state index < -0.39 is 0 Å². The number of thioether (sulfide) groups is 1. The Morgan fingerprint density at radius 2 is 1.85 bits per heavy atom. The molecule has 2 aromatic carbocycles. The fourth-order valence-corrected chi connectivity index (χ4v) is 4.55. The van der Waals surface area contributed by atoms with Crippen molar-refractivity contribution in [2.45, 2.75) is 19.5 Å². The van der Waals surface area contributed by atoms with E-state index in [-0.39, 0.29) is 30.1 Å². The maximum Gasteiger partial charge on any atom is 0.293 e. The molecule has 4 rings (SSSR count). The SMILES string of the molecule is COCCCNC(=O)Cn1cc(/C=C2\SC(=O)N(Cc3ccccc3)C2=O)c2ccccc21. The number of methoxy groups -OCH3 is 1. The van der Waals surface area contributed by atoms with Gasteiger partial charge in [0.05, 0.1) is 11.4 Å². The molecule has 1 aromatic heterocycles. The number of imide groups is 1. The topological polar surface area (TPSA) is 80.6 Å². The first-order valence-electron chi connectivity index (χ1n) is 10.7. The van der Waals surface area contributed by atoms with Gasteiger partial charge >= 0.3 is 0 Å². The van der Waals surface area contributed by atoms with Crippen LogP contribution < -0.4 is 5.32 Å². The molecular weight excluding hydrogens is 438 g/mol. The molecule has 33 heavy (non-hydrogen) atoms. The van der Waals surface area contributed by atoms with Crippen LogP contribution in [0.3, 0.4) is 0 Å². The summed E-state index contributed by atoms with van der Waals surface area (Å²) in [7, 11) is 1.63. The first-order chi connectivity index (χ1) is 16.1. The molecule has 170 valence electrons. The van der Waals surface area contributed by atoms with Crippen LogP contribution in [-0.4, -0.2) is 46.8 Å². The Bertz CT molecular complexity index is 1200. The Hall–Kier alpha value is -3.36. The maximum absolute atomic E-state index is 13.0. The zero-order valence-corrected chi connectivity index (χ0v) is 19.1. The second-order valence-electron chi connectivity index (χ2n) is 7.68. The van der Waals surface area contributed by atoms with Crippen molar-refractivity contribution >= 4 is 45.8 Å². The molecule has 2 heterocycles. The highest BCUT2D eigenvalue weighted by Crippen LogP contribution is 2.35. The van der Waals surface area contributed by atoms with Gasteiger partial charge in [-0.3, -0.25) is 19.3 Å². The van der Waals surface area contributed by atoms with Crippen molar-refractivity contribution in [3.63, 3.8) is 0 Å². The van der Waals surface area contributed by atoms with Gasteiger partial charge in [-0.2, -0.15) is 0 Å². The van der Waals surface area contributed by atoms with Gasteiger partial charge in [-0.15, -0.1) is 0 Å². The Labute approximate surface area is 196 Å². The van der Waals surface area contributed by atoms with Gasteiger partial charge in [0.15, 0.2) is 0 Å². The summed E-state index contributed by atoms with van der Waals surface area (Å²) in [6.45, 7) is 1.55. The molecule has 1 fully saturated rings. The van der Waals surface area contributed by atoms with Crippen LogP contribution in [0, 0.1) is 0 Å². The minimum Gasteiger partial charge on any atom is -0.385 e. The summed E-state index contributed by atoms with van der Waals surface area (Å²) in [4.78, 5) is 39.5. The fraction of sp³-hybridized carbons (Fsp3) is 0.240. The van der Waals surface area contributed by atoms with Gasteiger partial charge < -0.3 is 14.6 Å². The monoisotopic (exact) mass is 463 g/mol. The zero-order chi connectivity index (χ0) is 23.2. The lowest BCUT2D eigenvalue weighted by atomic mass is 10.1. The van der Waals surface area contributed by atoms with E-state index in [1.807, 2.05) is 65.4 Å². The van der Waals surface area contributed by atoms with Crippen LogP contribution in [0.15, 0.2) is 65.7 Å². The predicted octanol–water partition coefficient (Wildman–Crippen LogP) is 4.03. The number of carbonyl (C=O) groups is 3. The fourth-order valence-electron chi connectivity index (χ4n) is 3.72. The summed E-state index contributed by atoms with van der Waals surface area (Å²) in [5.41, 5.74) is 2.58. The minimum absolute atomic E-state index is 0.0957. The molecular formula is C25H25N3O4S. The lowest BCUT2D eigenvalue weighted by Crippen LogP contribution is -2.28. The van der Waals surface area contributed by atoms with Gasteiger partial charge in [0.1, 0.15) is 6.54 Å². The van der Waals surface area contributed by atoms with Crippen molar-refractivity contribution in [3.8, 4) is 0 Å². The average molecular weight is 464 g/mol. The summed E-state index contributed by atoms with van der Waals surface area (Å²) in [6.07, 6.45) is 4.34. The molecule has 0 spiro atoms. The number of ether oxygens (including phenoxy) is 1. The second kappa shape index (κ2) is 10.5. The van der Waals surface area contributed by atoms with E-state index in [0.29, 0.717) is 18.1 Å². The highest BCUT2D eigenvalue weighted by atomic mass is 32.2. The zero-order valence-electron chi connectivity index (χ0n) is 18.3. The smallest absolute Gasteiger partial charge is 0.293 e. The first-order valence-corrected chi connectivity index (χ1v) is 11.5. The van der Waals surface area contributed by atoms with E-state index in [1.165, 1.54) is 4.90 Å². The molecule has 3 aromatic rings. The van der Waals surface area contributed by atoms with Crippen LogP contribution in [0.1, 0.15) is 17.5 Å². The molecule has 8 heteroatoms. The molecule has 1 N–H and O–H groups in total. The van der Waals surface area contributed by atoms with Crippen LogP contribution in [0.4, 0.5) is 4.79 Å². The third-order valence-corrected chi connectivity index (χ3v) is 6.23. The molecule has 1 aliphatic rings. The van der Waals surface area contributed by atoms with Crippen molar-refractivity contribution in [2.75, 3.05) is 20.3 Å². The molecule has 0 aliphatic carbocycles. The summed E-state index contributed by atoms with van der Waals surface area (Å²) >= 11 is 0.941. The standard InChI is InChI=1S/C25H25N3O4S/c1-32-13-7-12-26-23(29)17-27-16-19(20-10-5-6-11-21(20)27)14-22-24(30)28(25(31)33-22)15-18-8-3-2-4-9-18/h2-6,8-11,14,16H,7,12-13,15,17H2,1H3,(H,26,29)/b22-14-. The van der Waals surface area contributed by atoms with E-state index in [1.54, 1.807) is 13.2 Å². The number of amides is 3.